The Morgan fingerprint density at radius 1 is 1.33 bits per heavy atom. The van der Waals surface area contributed by atoms with E-state index in [0.29, 0.717) is 5.92 Å². The van der Waals surface area contributed by atoms with Crippen LogP contribution in [0.2, 0.25) is 5.02 Å². The van der Waals surface area contributed by atoms with E-state index < -0.39 is 0 Å². The van der Waals surface area contributed by atoms with E-state index in [9.17, 15) is 0 Å². The fraction of sp³-hybridized carbons (Fsp3) is 0.400. The zero-order chi connectivity index (χ0) is 9.30. The van der Waals surface area contributed by atoms with Crippen LogP contribution in [0.3, 0.4) is 0 Å². The largest absolute Gasteiger partial charge is 0.399 e. The van der Waals surface area contributed by atoms with Crippen molar-refractivity contribution in [1.29, 1.82) is 0 Å². The Balaban J connectivity index is 3.28. The van der Waals surface area contributed by atoms with Crippen molar-refractivity contribution in [3.8, 4) is 0 Å². The van der Waals surface area contributed by atoms with Crippen LogP contribution in [0.25, 0.3) is 0 Å². The monoisotopic (exact) mass is 183 g/mol. The van der Waals surface area contributed by atoms with Crippen LogP contribution in [-0.4, -0.2) is 0 Å². The normalized spacial score (nSPS) is 10.8. The highest BCUT2D eigenvalue weighted by atomic mass is 35.5. The van der Waals surface area contributed by atoms with Gasteiger partial charge in [-0.15, -0.1) is 0 Å². The maximum atomic E-state index is 5.98. The fourth-order valence-corrected chi connectivity index (χ4v) is 1.56. The molecule has 0 saturated heterocycles. The minimum Gasteiger partial charge on any atom is -0.399 e. The van der Waals surface area contributed by atoms with Crippen molar-refractivity contribution in [2.24, 2.45) is 0 Å². The third kappa shape index (κ3) is 1.72. The molecule has 2 N–H and O–H groups in total. The van der Waals surface area contributed by atoms with Gasteiger partial charge in [-0.3, -0.25) is 0 Å². The van der Waals surface area contributed by atoms with Crippen LogP contribution in [0.15, 0.2) is 12.1 Å². The molecule has 1 nitrogen and oxygen atoms in total. The van der Waals surface area contributed by atoms with Crippen LogP contribution in [-0.2, 0) is 0 Å². The highest BCUT2D eigenvalue weighted by Gasteiger charge is 2.07. The molecule has 0 amide bonds. The molecule has 2 heteroatoms. The summed E-state index contributed by atoms with van der Waals surface area (Å²) < 4.78 is 0. The lowest BCUT2D eigenvalue weighted by atomic mass is 9.97. The molecule has 1 aromatic carbocycles. The molecular weight excluding hydrogens is 170 g/mol. The SMILES string of the molecule is Cc1c(Cl)cc(N)cc1C(C)C. The van der Waals surface area contributed by atoms with Crippen LogP contribution in [0.5, 0.6) is 0 Å². The summed E-state index contributed by atoms with van der Waals surface area (Å²) in [6, 6.07) is 3.79. The van der Waals surface area contributed by atoms with Gasteiger partial charge in [0.25, 0.3) is 0 Å². The van der Waals surface area contributed by atoms with Gasteiger partial charge in [0.2, 0.25) is 0 Å². The molecule has 0 fully saturated rings. The Labute approximate surface area is 78.5 Å². The maximum absolute atomic E-state index is 5.98. The standard InChI is InChI=1S/C10H14ClN/c1-6(2)9-4-8(12)5-10(11)7(9)3/h4-6H,12H2,1-3H3. The molecule has 0 spiro atoms. The number of halogens is 1. The molecule has 0 aliphatic carbocycles. The number of nitrogen functional groups attached to an aromatic ring is 1. The molecule has 12 heavy (non-hydrogen) atoms. The minimum atomic E-state index is 0.478. The summed E-state index contributed by atoms with van der Waals surface area (Å²) in [5.41, 5.74) is 8.80. The molecule has 0 aromatic heterocycles. The molecule has 0 radical (unpaired) electrons. The second-order valence-corrected chi connectivity index (χ2v) is 3.78. The van der Waals surface area contributed by atoms with Crippen molar-refractivity contribution >= 4 is 17.3 Å². The van der Waals surface area contributed by atoms with E-state index in [0.717, 1.165) is 16.3 Å². The van der Waals surface area contributed by atoms with Gasteiger partial charge in [-0.1, -0.05) is 25.4 Å². The smallest absolute Gasteiger partial charge is 0.0458 e. The third-order valence-corrected chi connectivity index (χ3v) is 2.42. The number of anilines is 1. The second kappa shape index (κ2) is 3.36. The molecule has 0 bridgehead atoms. The summed E-state index contributed by atoms with van der Waals surface area (Å²) in [5.74, 6) is 0.478. The van der Waals surface area contributed by atoms with Gasteiger partial charge in [0.15, 0.2) is 0 Å². The van der Waals surface area contributed by atoms with Crippen LogP contribution in [0.1, 0.15) is 30.9 Å². The first-order chi connectivity index (χ1) is 5.52. The summed E-state index contributed by atoms with van der Waals surface area (Å²) in [5, 5.41) is 0.763. The van der Waals surface area contributed by atoms with Crippen molar-refractivity contribution in [3.63, 3.8) is 0 Å². The fourth-order valence-electron chi connectivity index (χ4n) is 1.32. The molecule has 0 aliphatic rings. The van der Waals surface area contributed by atoms with Gasteiger partial charge < -0.3 is 5.73 Å². The summed E-state index contributed by atoms with van der Waals surface area (Å²) >= 11 is 5.98. The zero-order valence-electron chi connectivity index (χ0n) is 7.69. The summed E-state index contributed by atoms with van der Waals surface area (Å²) in [6.45, 7) is 6.30. The predicted molar refractivity (Wildman–Crippen MR) is 54.7 cm³/mol. The van der Waals surface area contributed by atoms with E-state index in [2.05, 4.69) is 13.8 Å². The topological polar surface area (TPSA) is 26.0 Å². The van der Waals surface area contributed by atoms with Crippen LogP contribution in [0.4, 0.5) is 5.69 Å². The van der Waals surface area contributed by atoms with E-state index in [1.807, 2.05) is 13.0 Å². The molecule has 0 unspecified atom stereocenters. The Morgan fingerprint density at radius 3 is 2.42 bits per heavy atom. The molecule has 0 atom stereocenters. The Bertz CT molecular complexity index is 292. The average Bonchev–Trinajstić information content (AvgIpc) is 1.96. The first-order valence-corrected chi connectivity index (χ1v) is 4.45. The van der Waals surface area contributed by atoms with Crippen molar-refractivity contribution in [2.45, 2.75) is 26.7 Å². The first-order valence-electron chi connectivity index (χ1n) is 4.08. The van der Waals surface area contributed by atoms with E-state index in [-0.39, 0.29) is 0 Å². The van der Waals surface area contributed by atoms with Gasteiger partial charge in [0, 0.05) is 10.7 Å². The van der Waals surface area contributed by atoms with Gasteiger partial charge in [-0.25, -0.2) is 0 Å². The predicted octanol–water partition coefficient (Wildman–Crippen LogP) is 3.35. The molecule has 1 rings (SSSR count). The van der Waals surface area contributed by atoms with Crippen molar-refractivity contribution in [1.82, 2.24) is 0 Å². The average molecular weight is 184 g/mol. The molecule has 0 aliphatic heterocycles. The number of benzene rings is 1. The highest BCUT2D eigenvalue weighted by Crippen LogP contribution is 2.27. The quantitative estimate of drug-likeness (QED) is 0.664. The lowest BCUT2D eigenvalue weighted by Crippen LogP contribution is -1.95. The van der Waals surface area contributed by atoms with E-state index in [1.165, 1.54) is 5.56 Å². The summed E-state index contributed by atoms with van der Waals surface area (Å²) in [7, 11) is 0. The molecule has 1 aromatic rings. The van der Waals surface area contributed by atoms with Gasteiger partial charge in [-0.2, -0.15) is 0 Å². The van der Waals surface area contributed by atoms with Crippen molar-refractivity contribution in [2.75, 3.05) is 5.73 Å². The third-order valence-electron chi connectivity index (χ3n) is 2.03. The Hall–Kier alpha value is -0.690. The van der Waals surface area contributed by atoms with E-state index >= 15 is 0 Å². The highest BCUT2D eigenvalue weighted by molar-refractivity contribution is 6.31. The first kappa shape index (κ1) is 9.40. The van der Waals surface area contributed by atoms with Crippen LogP contribution < -0.4 is 5.73 Å². The molecule has 66 valence electrons. The van der Waals surface area contributed by atoms with Gasteiger partial charge >= 0.3 is 0 Å². The van der Waals surface area contributed by atoms with Gasteiger partial charge in [-0.05, 0) is 36.1 Å². The second-order valence-electron chi connectivity index (χ2n) is 3.37. The number of nitrogens with two attached hydrogens (primary N) is 1. The minimum absolute atomic E-state index is 0.478. The van der Waals surface area contributed by atoms with Crippen molar-refractivity contribution in [3.05, 3.63) is 28.3 Å². The van der Waals surface area contributed by atoms with Crippen molar-refractivity contribution < 1.29 is 0 Å². The molecular formula is C10H14ClN. The Kier molecular flexibility index (Phi) is 2.63. The lowest BCUT2D eigenvalue weighted by molar-refractivity contribution is 0.857. The van der Waals surface area contributed by atoms with E-state index in [1.54, 1.807) is 6.07 Å². The molecule has 0 heterocycles. The lowest BCUT2D eigenvalue weighted by Gasteiger charge is -2.11. The summed E-state index contributed by atoms with van der Waals surface area (Å²) in [4.78, 5) is 0. The zero-order valence-corrected chi connectivity index (χ0v) is 8.44. The maximum Gasteiger partial charge on any atom is 0.0458 e. The summed E-state index contributed by atoms with van der Waals surface area (Å²) in [6.07, 6.45) is 0. The number of rotatable bonds is 1. The van der Waals surface area contributed by atoms with E-state index in [4.69, 9.17) is 17.3 Å². The van der Waals surface area contributed by atoms with Crippen LogP contribution >= 0.6 is 11.6 Å². The Morgan fingerprint density at radius 2 is 1.92 bits per heavy atom. The van der Waals surface area contributed by atoms with Gasteiger partial charge in [0.05, 0.1) is 0 Å². The molecule has 0 saturated carbocycles. The number of hydrogen-bond donors (Lipinski definition) is 1. The van der Waals surface area contributed by atoms with Crippen LogP contribution in [0, 0.1) is 6.92 Å². The van der Waals surface area contributed by atoms with Gasteiger partial charge in [0.1, 0.15) is 0 Å². The number of hydrogen-bond acceptors (Lipinski definition) is 1.